The second kappa shape index (κ2) is 5.41. The lowest BCUT2D eigenvalue weighted by Gasteiger charge is -2.10. The van der Waals surface area contributed by atoms with E-state index in [0.29, 0.717) is 0 Å². The third-order valence-corrected chi connectivity index (χ3v) is 4.37. The number of nitro groups is 1. The highest BCUT2D eigenvalue weighted by Gasteiger charge is 2.22. The SMILES string of the molecule is Cc1c([N+](=O)[O-])cccc1S(=O)(=O)Nc1cccc(O)c1. The highest BCUT2D eigenvalue weighted by Crippen LogP contribution is 2.27. The molecule has 8 heteroatoms. The number of rotatable bonds is 4. The molecule has 0 spiro atoms. The standard InChI is InChI=1S/C13H12N2O5S/c1-9-12(15(17)18)6-3-7-13(9)21(19,20)14-10-4-2-5-11(16)8-10/h2-8,14,16H,1H3. The summed E-state index contributed by atoms with van der Waals surface area (Å²) in [5.74, 6) is -0.0917. The molecule has 0 heterocycles. The molecule has 0 fully saturated rings. The van der Waals surface area contributed by atoms with Crippen LogP contribution in [0.1, 0.15) is 5.56 Å². The van der Waals surface area contributed by atoms with E-state index in [9.17, 15) is 23.6 Å². The Morgan fingerprint density at radius 1 is 1.19 bits per heavy atom. The zero-order valence-electron chi connectivity index (χ0n) is 11.0. The Hall–Kier alpha value is -2.61. The van der Waals surface area contributed by atoms with Crippen LogP contribution in [0.15, 0.2) is 47.4 Å². The topological polar surface area (TPSA) is 110 Å². The molecule has 2 rings (SSSR count). The number of aromatic hydroxyl groups is 1. The van der Waals surface area contributed by atoms with Crippen molar-refractivity contribution >= 4 is 21.4 Å². The summed E-state index contributed by atoms with van der Waals surface area (Å²) in [5.41, 5.74) is -0.0511. The number of nitrogens with one attached hydrogen (secondary N) is 1. The second-order valence-corrected chi connectivity index (χ2v) is 5.96. The predicted octanol–water partition coefficient (Wildman–Crippen LogP) is 2.41. The van der Waals surface area contributed by atoms with Crippen LogP contribution in [0.3, 0.4) is 0 Å². The van der Waals surface area contributed by atoms with Crippen LogP contribution in [0.25, 0.3) is 0 Å². The van der Waals surface area contributed by atoms with E-state index in [2.05, 4.69) is 4.72 Å². The zero-order valence-corrected chi connectivity index (χ0v) is 11.8. The maximum atomic E-state index is 12.3. The quantitative estimate of drug-likeness (QED) is 0.665. The summed E-state index contributed by atoms with van der Waals surface area (Å²) in [5, 5.41) is 20.2. The molecule has 0 aliphatic heterocycles. The van der Waals surface area contributed by atoms with Crippen LogP contribution in [0.4, 0.5) is 11.4 Å². The van der Waals surface area contributed by atoms with Crippen molar-refractivity contribution in [2.45, 2.75) is 11.8 Å². The molecule has 0 amide bonds. The monoisotopic (exact) mass is 308 g/mol. The van der Waals surface area contributed by atoms with Gasteiger partial charge in [-0.1, -0.05) is 12.1 Å². The molecule has 0 aromatic heterocycles. The Balaban J connectivity index is 2.45. The Morgan fingerprint density at radius 2 is 1.86 bits per heavy atom. The van der Waals surface area contributed by atoms with Crippen molar-refractivity contribution < 1.29 is 18.4 Å². The fourth-order valence-corrected chi connectivity index (χ4v) is 3.18. The molecule has 21 heavy (non-hydrogen) atoms. The van der Waals surface area contributed by atoms with E-state index < -0.39 is 14.9 Å². The van der Waals surface area contributed by atoms with Gasteiger partial charge in [0.25, 0.3) is 15.7 Å². The first-order valence-corrected chi connectivity index (χ1v) is 7.35. The lowest BCUT2D eigenvalue weighted by Crippen LogP contribution is -2.14. The third-order valence-electron chi connectivity index (χ3n) is 2.84. The van der Waals surface area contributed by atoms with E-state index in [1.807, 2.05) is 0 Å². The van der Waals surface area contributed by atoms with Gasteiger partial charge in [-0.2, -0.15) is 0 Å². The third kappa shape index (κ3) is 3.11. The molecule has 0 unspecified atom stereocenters. The molecule has 2 aromatic carbocycles. The van der Waals surface area contributed by atoms with Gasteiger partial charge >= 0.3 is 0 Å². The summed E-state index contributed by atoms with van der Waals surface area (Å²) >= 11 is 0. The molecular formula is C13H12N2O5S. The number of phenols is 1. The summed E-state index contributed by atoms with van der Waals surface area (Å²) in [6.45, 7) is 1.37. The number of hydrogen-bond acceptors (Lipinski definition) is 5. The van der Waals surface area contributed by atoms with E-state index in [-0.39, 0.29) is 27.6 Å². The average molecular weight is 308 g/mol. The fraction of sp³-hybridized carbons (Fsp3) is 0.0769. The van der Waals surface area contributed by atoms with Crippen LogP contribution in [0.2, 0.25) is 0 Å². The van der Waals surface area contributed by atoms with Crippen molar-refractivity contribution in [2.24, 2.45) is 0 Å². The van der Waals surface area contributed by atoms with Gasteiger partial charge in [-0.25, -0.2) is 8.42 Å². The molecule has 0 radical (unpaired) electrons. The van der Waals surface area contributed by atoms with Crippen LogP contribution in [0.5, 0.6) is 5.75 Å². The first kappa shape index (κ1) is 14.8. The maximum absolute atomic E-state index is 12.3. The van der Waals surface area contributed by atoms with Crippen molar-refractivity contribution in [2.75, 3.05) is 4.72 Å². The molecule has 0 atom stereocenters. The summed E-state index contributed by atoms with van der Waals surface area (Å²) < 4.78 is 26.9. The molecule has 0 aliphatic rings. The minimum atomic E-state index is -3.98. The first-order chi connectivity index (χ1) is 9.81. The van der Waals surface area contributed by atoms with Crippen LogP contribution in [0, 0.1) is 17.0 Å². The van der Waals surface area contributed by atoms with Gasteiger partial charge in [0.05, 0.1) is 15.5 Å². The van der Waals surface area contributed by atoms with E-state index in [4.69, 9.17) is 0 Å². The molecule has 7 nitrogen and oxygen atoms in total. The number of phenolic OH excluding ortho intramolecular Hbond substituents is 1. The number of anilines is 1. The van der Waals surface area contributed by atoms with Crippen molar-refractivity contribution in [1.82, 2.24) is 0 Å². The molecule has 2 N–H and O–H groups in total. The Labute approximate surface area is 121 Å². The van der Waals surface area contributed by atoms with Crippen molar-refractivity contribution in [3.63, 3.8) is 0 Å². The van der Waals surface area contributed by atoms with Gasteiger partial charge < -0.3 is 5.11 Å². The summed E-state index contributed by atoms with van der Waals surface area (Å²) in [6.07, 6.45) is 0. The maximum Gasteiger partial charge on any atom is 0.273 e. The van der Waals surface area contributed by atoms with Crippen molar-refractivity contribution in [1.29, 1.82) is 0 Å². The van der Waals surface area contributed by atoms with Gasteiger partial charge in [-0.3, -0.25) is 14.8 Å². The molecule has 2 aromatic rings. The van der Waals surface area contributed by atoms with Gasteiger partial charge in [-0.05, 0) is 25.1 Å². The number of nitro benzene ring substituents is 1. The Morgan fingerprint density at radius 3 is 2.48 bits per heavy atom. The zero-order chi connectivity index (χ0) is 15.6. The first-order valence-electron chi connectivity index (χ1n) is 5.87. The normalized spacial score (nSPS) is 11.1. The lowest BCUT2D eigenvalue weighted by molar-refractivity contribution is -0.385. The van der Waals surface area contributed by atoms with Crippen LogP contribution in [-0.2, 0) is 10.0 Å². The minimum absolute atomic E-state index is 0.0511. The lowest BCUT2D eigenvalue weighted by atomic mass is 10.2. The summed E-state index contributed by atoms with van der Waals surface area (Å²) in [6, 6.07) is 9.41. The van der Waals surface area contributed by atoms with E-state index in [1.54, 1.807) is 0 Å². The van der Waals surface area contributed by atoms with E-state index >= 15 is 0 Å². The molecule has 0 bridgehead atoms. The molecule has 0 saturated carbocycles. The summed E-state index contributed by atoms with van der Waals surface area (Å²) in [4.78, 5) is 10.0. The van der Waals surface area contributed by atoms with Crippen molar-refractivity contribution in [3.05, 3.63) is 58.1 Å². The second-order valence-electron chi connectivity index (χ2n) is 4.31. The highest BCUT2D eigenvalue weighted by molar-refractivity contribution is 7.92. The minimum Gasteiger partial charge on any atom is -0.508 e. The smallest absolute Gasteiger partial charge is 0.273 e. The Kier molecular flexibility index (Phi) is 3.81. The van der Waals surface area contributed by atoms with Crippen LogP contribution in [-0.4, -0.2) is 18.4 Å². The van der Waals surface area contributed by atoms with Crippen LogP contribution < -0.4 is 4.72 Å². The summed E-state index contributed by atoms with van der Waals surface area (Å²) in [7, 11) is -3.98. The van der Waals surface area contributed by atoms with E-state index in [0.717, 1.165) is 0 Å². The number of hydrogen-bond donors (Lipinski definition) is 2. The van der Waals surface area contributed by atoms with Gasteiger partial charge in [0.15, 0.2) is 0 Å². The number of nitrogens with zero attached hydrogens (tertiary/aromatic N) is 1. The molecule has 110 valence electrons. The van der Waals surface area contributed by atoms with Gasteiger partial charge in [0.2, 0.25) is 0 Å². The van der Waals surface area contributed by atoms with Crippen LogP contribution >= 0.6 is 0 Å². The molecular weight excluding hydrogens is 296 g/mol. The molecule has 0 saturated heterocycles. The Bertz CT molecular complexity index is 802. The highest BCUT2D eigenvalue weighted by atomic mass is 32.2. The molecule has 0 aliphatic carbocycles. The van der Waals surface area contributed by atoms with Gasteiger partial charge in [0, 0.05) is 17.7 Å². The predicted molar refractivity (Wildman–Crippen MR) is 76.7 cm³/mol. The van der Waals surface area contributed by atoms with Gasteiger partial charge in [0.1, 0.15) is 5.75 Å². The fourth-order valence-electron chi connectivity index (χ4n) is 1.87. The number of sulfonamides is 1. The van der Waals surface area contributed by atoms with E-state index in [1.165, 1.54) is 49.4 Å². The van der Waals surface area contributed by atoms with Crippen molar-refractivity contribution in [3.8, 4) is 5.75 Å². The number of benzene rings is 2. The average Bonchev–Trinajstić information content (AvgIpc) is 2.37. The largest absolute Gasteiger partial charge is 0.508 e. The van der Waals surface area contributed by atoms with Gasteiger partial charge in [-0.15, -0.1) is 0 Å².